The molecule has 0 fully saturated rings. The van der Waals surface area contributed by atoms with Crippen LogP contribution in [0.4, 0.5) is 5.69 Å². The monoisotopic (exact) mass is 436 g/mol. The zero-order valence-corrected chi connectivity index (χ0v) is 18.5. The summed E-state index contributed by atoms with van der Waals surface area (Å²) in [6.07, 6.45) is 1.91. The van der Waals surface area contributed by atoms with Gasteiger partial charge in [-0.15, -0.1) is 0 Å². The van der Waals surface area contributed by atoms with Crippen LogP contribution in [0.2, 0.25) is 10.0 Å². The minimum atomic E-state index is -0.548. The maximum absolute atomic E-state index is 12.5. The summed E-state index contributed by atoms with van der Waals surface area (Å²) in [5.74, 6) is -0.306. The molecular formula is C21H22Cl2N2O2S. The van der Waals surface area contributed by atoms with Crippen molar-refractivity contribution in [2.45, 2.75) is 38.2 Å². The smallest absolute Gasteiger partial charge is 0.327 e. The van der Waals surface area contributed by atoms with E-state index < -0.39 is 5.60 Å². The number of rotatable bonds is 5. The van der Waals surface area contributed by atoms with Crippen molar-refractivity contribution in [1.29, 1.82) is 0 Å². The van der Waals surface area contributed by atoms with Crippen molar-refractivity contribution in [1.82, 2.24) is 4.98 Å². The molecule has 4 nitrogen and oxygen atoms in total. The molecule has 0 aliphatic carbocycles. The highest BCUT2D eigenvalue weighted by Gasteiger charge is 2.21. The number of H-pyrrole nitrogens is 1. The molecule has 0 atom stereocenters. The first-order valence-corrected chi connectivity index (χ1v) is 10.3. The summed E-state index contributed by atoms with van der Waals surface area (Å²) < 4.78 is 7.42. The molecule has 148 valence electrons. The van der Waals surface area contributed by atoms with Crippen LogP contribution >= 0.6 is 35.1 Å². The van der Waals surface area contributed by atoms with Crippen molar-refractivity contribution in [2.75, 3.05) is 10.8 Å². The van der Waals surface area contributed by atoms with Crippen LogP contribution in [0.25, 0.3) is 10.9 Å². The third kappa shape index (κ3) is 5.37. The molecule has 1 N–H and O–H groups in total. The number of ether oxygens (including phenoxy) is 1. The van der Waals surface area contributed by atoms with E-state index in [0.29, 0.717) is 10.0 Å². The van der Waals surface area contributed by atoms with Gasteiger partial charge in [-0.05, 0) is 81.6 Å². The average Bonchev–Trinajstić information content (AvgIpc) is 3.00. The fourth-order valence-electron chi connectivity index (χ4n) is 2.86. The van der Waals surface area contributed by atoms with Gasteiger partial charge in [0.05, 0.1) is 0 Å². The number of aromatic amines is 1. The summed E-state index contributed by atoms with van der Waals surface area (Å²) in [6.45, 7) is 7.69. The van der Waals surface area contributed by atoms with Crippen LogP contribution in [0.5, 0.6) is 0 Å². The number of carbonyl (C=O) groups excluding carboxylic acids is 1. The van der Waals surface area contributed by atoms with E-state index in [2.05, 4.69) is 4.98 Å². The predicted octanol–water partition coefficient (Wildman–Crippen LogP) is 6.64. The Morgan fingerprint density at radius 1 is 1.14 bits per heavy atom. The third-order valence-corrected chi connectivity index (χ3v) is 5.32. The van der Waals surface area contributed by atoms with Crippen molar-refractivity contribution in [3.8, 4) is 0 Å². The van der Waals surface area contributed by atoms with Crippen molar-refractivity contribution in [2.24, 2.45) is 0 Å². The SMILES string of the molecule is Cc1cc(N(CC(=O)OC(C)(C)C)Sc2cc(Cl)cc(Cl)c2)cc2cc[nH]c12. The molecule has 3 aromatic rings. The first-order chi connectivity index (χ1) is 13.1. The summed E-state index contributed by atoms with van der Waals surface area (Å²) >= 11 is 13.7. The topological polar surface area (TPSA) is 45.3 Å². The Morgan fingerprint density at radius 3 is 2.46 bits per heavy atom. The number of nitrogens with one attached hydrogen (secondary N) is 1. The molecule has 0 bridgehead atoms. The molecule has 0 aliphatic rings. The molecule has 2 aromatic carbocycles. The Labute approximate surface area is 179 Å². The lowest BCUT2D eigenvalue weighted by Gasteiger charge is -2.26. The maximum Gasteiger partial charge on any atom is 0.327 e. The molecule has 1 aromatic heterocycles. The molecule has 7 heteroatoms. The molecule has 0 radical (unpaired) electrons. The molecule has 1 heterocycles. The first kappa shape index (κ1) is 20.9. The quantitative estimate of drug-likeness (QED) is 0.359. The summed E-state index contributed by atoms with van der Waals surface area (Å²) in [6, 6.07) is 11.4. The number of halogens is 2. The molecule has 28 heavy (non-hydrogen) atoms. The summed E-state index contributed by atoms with van der Waals surface area (Å²) in [7, 11) is 0. The standard InChI is InChI=1S/C21H22Cl2N2O2S/c1-13-7-17(8-14-5-6-24-20(13)14)25(12-19(26)27-21(2,3)4)28-18-10-15(22)9-16(23)11-18/h5-11,24H,12H2,1-4H3. The van der Waals surface area contributed by atoms with Gasteiger partial charge in [-0.2, -0.15) is 0 Å². The van der Waals surface area contributed by atoms with Gasteiger partial charge in [0, 0.05) is 37.7 Å². The first-order valence-electron chi connectivity index (χ1n) is 8.82. The number of hydrogen-bond donors (Lipinski definition) is 1. The van der Waals surface area contributed by atoms with E-state index in [9.17, 15) is 4.79 Å². The Balaban J connectivity index is 1.95. The number of anilines is 1. The fourth-order valence-corrected chi connectivity index (χ4v) is 4.51. The van der Waals surface area contributed by atoms with Gasteiger partial charge in [-0.3, -0.25) is 4.79 Å². The second kappa shape index (κ2) is 8.27. The van der Waals surface area contributed by atoms with E-state index in [1.54, 1.807) is 6.07 Å². The van der Waals surface area contributed by atoms with Gasteiger partial charge in [0.15, 0.2) is 0 Å². The third-order valence-electron chi connectivity index (χ3n) is 3.87. The molecule has 0 spiro atoms. The van der Waals surface area contributed by atoms with E-state index >= 15 is 0 Å². The molecular weight excluding hydrogens is 415 g/mol. The predicted molar refractivity (Wildman–Crippen MR) is 119 cm³/mol. The molecule has 0 aliphatic heterocycles. The number of fused-ring (bicyclic) bond motifs is 1. The van der Waals surface area contributed by atoms with Gasteiger partial charge in [0.25, 0.3) is 0 Å². The van der Waals surface area contributed by atoms with Crippen LogP contribution in [0.1, 0.15) is 26.3 Å². The number of hydrogen-bond acceptors (Lipinski definition) is 4. The van der Waals surface area contributed by atoms with Crippen LogP contribution in [-0.4, -0.2) is 23.1 Å². The van der Waals surface area contributed by atoms with Crippen molar-refractivity contribution < 1.29 is 9.53 Å². The number of aryl methyl sites for hydroxylation is 1. The number of aromatic nitrogens is 1. The van der Waals surface area contributed by atoms with Crippen molar-refractivity contribution >= 4 is 57.7 Å². The lowest BCUT2D eigenvalue weighted by molar-refractivity contribution is -0.152. The van der Waals surface area contributed by atoms with Crippen LogP contribution in [0.15, 0.2) is 47.5 Å². The molecule has 0 amide bonds. The zero-order chi connectivity index (χ0) is 20.5. The molecule has 0 saturated carbocycles. The number of carbonyl (C=O) groups is 1. The lowest BCUT2D eigenvalue weighted by atomic mass is 10.1. The van der Waals surface area contributed by atoms with Crippen LogP contribution in [-0.2, 0) is 9.53 Å². The fraction of sp³-hybridized carbons (Fsp3) is 0.286. The van der Waals surface area contributed by atoms with Gasteiger partial charge in [0.2, 0.25) is 0 Å². The minimum Gasteiger partial charge on any atom is -0.459 e. The molecule has 0 saturated heterocycles. The highest BCUT2D eigenvalue weighted by Crippen LogP contribution is 2.35. The normalized spacial score (nSPS) is 11.6. The zero-order valence-electron chi connectivity index (χ0n) is 16.2. The second-order valence-electron chi connectivity index (χ2n) is 7.52. The van der Waals surface area contributed by atoms with Crippen molar-refractivity contribution in [3.63, 3.8) is 0 Å². The lowest BCUT2D eigenvalue weighted by Crippen LogP contribution is -2.31. The second-order valence-corrected chi connectivity index (χ2v) is 9.49. The van der Waals surface area contributed by atoms with Crippen LogP contribution in [0.3, 0.4) is 0 Å². The van der Waals surface area contributed by atoms with Gasteiger partial charge in [-0.25, -0.2) is 0 Å². The average molecular weight is 437 g/mol. The van der Waals surface area contributed by atoms with Gasteiger partial charge >= 0.3 is 5.97 Å². The highest BCUT2D eigenvalue weighted by atomic mass is 35.5. The van der Waals surface area contributed by atoms with Gasteiger partial charge in [0.1, 0.15) is 12.1 Å². The summed E-state index contributed by atoms with van der Waals surface area (Å²) in [5, 5.41) is 2.17. The Hall–Kier alpha value is -1.82. The highest BCUT2D eigenvalue weighted by molar-refractivity contribution is 8.00. The van der Waals surface area contributed by atoms with Gasteiger partial charge < -0.3 is 14.0 Å². The molecule has 0 unspecified atom stereocenters. The summed E-state index contributed by atoms with van der Waals surface area (Å²) in [4.78, 5) is 16.6. The maximum atomic E-state index is 12.5. The van der Waals surface area contributed by atoms with Gasteiger partial charge in [-0.1, -0.05) is 23.2 Å². The largest absolute Gasteiger partial charge is 0.459 e. The van der Waals surface area contributed by atoms with E-state index in [-0.39, 0.29) is 12.5 Å². The Bertz CT molecular complexity index is 991. The molecule has 3 rings (SSSR count). The van der Waals surface area contributed by atoms with E-state index in [1.165, 1.54) is 11.9 Å². The van der Waals surface area contributed by atoms with Crippen LogP contribution < -0.4 is 4.31 Å². The van der Waals surface area contributed by atoms with E-state index in [4.69, 9.17) is 27.9 Å². The van der Waals surface area contributed by atoms with Crippen molar-refractivity contribution in [3.05, 3.63) is 58.2 Å². The Kier molecular flexibility index (Phi) is 6.18. The number of esters is 1. The Morgan fingerprint density at radius 2 is 1.82 bits per heavy atom. The summed E-state index contributed by atoms with van der Waals surface area (Å²) in [5.41, 5.74) is 2.53. The van der Waals surface area contributed by atoms with E-state index in [0.717, 1.165) is 27.0 Å². The van der Waals surface area contributed by atoms with E-state index in [1.807, 2.05) is 68.5 Å². The number of nitrogens with zero attached hydrogens (tertiary/aromatic N) is 1. The minimum absolute atomic E-state index is 0.0848. The number of benzene rings is 2. The van der Waals surface area contributed by atoms with Crippen LogP contribution in [0, 0.1) is 6.92 Å².